The molecule has 1 aromatic heterocycles. The van der Waals surface area contributed by atoms with Crippen LogP contribution in [0, 0.1) is 5.82 Å². The van der Waals surface area contributed by atoms with E-state index >= 15 is 0 Å². The van der Waals surface area contributed by atoms with Crippen LogP contribution in [-0.4, -0.2) is 21.2 Å². The molecule has 5 nitrogen and oxygen atoms in total. The van der Waals surface area contributed by atoms with E-state index in [4.69, 9.17) is 4.98 Å². The van der Waals surface area contributed by atoms with Crippen LogP contribution in [0.4, 0.5) is 10.2 Å². The summed E-state index contributed by atoms with van der Waals surface area (Å²) in [5, 5.41) is 23.6. The first-order chi connectivity index (χ1) is 15.1. The molecule has 0 unspecified atom stereocenters. The first-order valence-corrected chi connectivity index (χ1v) is 10.5. The third-order valence-electron chi connectivity index (χ3n) is 5.88. The highest BCUT2D eigenvalue weighted by molar-refractivity contribution is 5.99. The molecule has 3 aromatic rings. The number of hydrogen-bond donors (Lipinski definition) is 3. The molecule has 31 heavy (non-hydrogen) atoms. The molecule has 2 aromatic carbocycles. The van der Waals surface area contributed by atoms with Gasteiger partial charge in [0, 0.05) is 23.6 Å². The Bertz CT molecular complexity index is 1060. The zero-order chi connectivity index (χ0) is 21.8. The number of aromatic nitrogens is 1. The number of carbonyl (C=O) groups is 1. The van der Waals surface area contributed by atoms with Crippen molar-refractivity contribution in [3.05, 3.63) is 82.8 Å². The molecule has 0 amide bonds. The number of nitrogens with zero attached hydrogens (tertiary/aromatic N) is 1. The molecule has 1 aliphatic carbocycles. The number of hydrogen-bond acceptors (Lipinski definition) is 4. The molecular formula is C25H25FN2O3. The van der Waals surface area contributed by atoms with Gasteiger partial charge in [0.05, 0.1) is 17.9 Å². The van der Waals surface area contributed by atoms with Crippen LogP contribution in [-0.2, 0) is 13.2 Å². The lowest BCUT2D eigenvalue weighted by Crippen LogP contribution is -2.16. The summed E-state index contributed by atoms with van der Waals surface area (Å²) in [7, 11) is 0. The lowest BCUT2D eigenvalue weighted by molar-refractivity contribution is 0.0695. The van der Waals surface area contributed by atoms with Gasteiger partial charge >= 0.3 is 5.97 Å². The van der Waals surface area contributed by atoms with Gasteiger partial charge in [-0.3, -0.25) is 0 Å². The Kier molecular flexibility index (Phi) is 6.28. The molecule has 0 radical (unpaired) electrons. The van der Waals surface area contributed by atoms with Crippen molar-refractivity contribution in [3.63, 3.8) is 0 Å². The summed E-state index contributed by atoms with van der Waals surface area (Å²) in [4.78, 5) is 17.1. The molecular weight excluding hydrogens is 395 g/mol. The predicted octanol–water partition coefficient (Wildman–Crippen LogP) is 5.35. The van der Waals surface area contributed by atoms with E-state index < -0.39 is 11.8 Å². The number of aromatic carboxylic acids is 1. The Morgan fingerprint density at radius 1 is 1.06 bits per heavy atom. The van der Waals surface area contributed by atoms with Gasteiger partial charge < -0.3 is 15.5 Å². The van der Waals surface area contributed by atoms with Crippen molar-refractivity contribution in [1.82, 2.24) is 4.98 Å². The molecule has 0 saturated heterocycles. The standard InChI is InChI=1S/C25H25FN2O3/c26-19-12-10-17(11-13-19)21-20(15-29)24(27-14-16-6-2-1-3-7-16)28-23(22(21)25(30)31)18-8-4-5-9-18/h1-3,6-7,10-13,18,29H,4-5,8-9,14-15H2,(H,27,28)(H,30,31). The molecule has 6 heteroatoms. The van der Waals surface area contributed by atoms with Crippen molar-refractivity contribution in [2.24, 2.45) is 0 Å². The molecule has 1 aliphatic rings. The van der Waals surface area contributed by atoms with Crippen molar-refractivity contribution in [2.45, 2.75) is 44.8 Å². The number of aliphatic hydroxyl groups excluding tert-OH is 1. The summed E-state index contributed by atoms with van der Waals surface area (Å²) in [5.74, 6) is -0.968. The fourth-order valence-electron chi connectivity index (χ4n) is 4.37. The van der Waals surface area contributed by atoms with Crippen molar-refractivity contribution in [3.8, 4) is 11.1 Å². The Morgan fingerprint density at radius 2 is 1.74 bits per heavy atom. The average molecular weight is 420 g/mol. The maximum absolute atomic E-state index is 13.6. The van der Waals surface area contributed by atoms with Crippen LogP contribution in [0.1, 0.15) is 58.8 Å². The Morgan fingerprint density at radius 3 is 2.35 bits per heavy atom. The number of carboxylic acid groups (broad SMARTS) is 1. The van der Waals surface area contributed by atoms with Gasteiger partial charge in [0.1, 0.15) is 11.6 Å². The van der Waals surface area contributed by atoms with Gasteiger partial charge in [0.25, 0.3) is 0 Å². The highest BCUT2D eigenvalue weighted by Crippen LogP contribution is 2.41. The molecule has 0 bridgehead atoms. The average Bonchev–Trinajstić information content (AvgIpc) is 3.32. The van der Waals surface area contributed by atoms with Crippen molar-refractivity contribution in [1.29, 1.82) is 0 Å². The molecule has 3 N–H and O–H groups in total. The minimum atomic E-state index is -1.09. The van der Waals surface area contributed by atoms with Crippen LogP contribution in [0.5, 0.6) is 0 Å². The van der Waals surface area contributed by atoms with Gasteiger partial charge in [-0.15, -0.1) is 0 Å². The minimum Gasteiger partial charge on any atom is -0.478 e. The summed E-state index contributed by atoms with van der Waals surface area (Å²) >= 11 is 0. The third kappa shape index (κ3) is 4.44. The monoisotopic (exact) mass is 420 g/mol. The van der Waals surface area contributed by atoms with Crippen LogP contribution in [0.3, 0.4) is 0 Å². The van der Waals surface area contributed by atoms with Gasteiger partial charge in [-0.25, -0.2) is 14.2 Å². The summed E-state index contributed by atoms with van der Waals surface area (Å²) in [6, 6.07) is 15.5. The number of carboxylic acids is 1. The molecule has 0 spiro atoms. The number of anilines is 1. The molecule has 0 aliphatic heterocycles. The Labute approximate surface area is 180 Å². The van der Waals surface area contributed by atoms with Gasteiger partial charge in [-0.2, -0.15) is 0 Å². The van der Waals surface area contributed by atoms with Gasteiger partial charge in [-0.05, 0) is 36.1 Å². The van der Waals surface area contributed by atoms with Gasteiger partial charge in [0.15, 0.2) is 0 Å². The van der Waals surface area contributed by atoms with E-state index in [9.17, 15) is 19.4 Å². The van der Waals surface area contributed by atoms with Crippen molar-refractivity contribution in [2.75, 3.05) is 5.32 Å². The summed E-state index contributed by atoms with van der Waals surface area (Å²) < 4.78 is 13.6. The van der Waals surface area contributed by atoms with Gasteiger partial charge in [-0.1, -0.05) is 55.3 Å². The lowest BCUT2D eigenvalue weighted by Gasteiger charge is -2.22. The maximum atomic E-state index is 13.6. The van der Waals surface area contributed by atoms with E-state index in [-0.39, 0.29) is 18.1 Å². The number of nitrogens with one attached hydrogen (secondary N) is 1. The molecule has 160 valence electrons. The molecule has 0 atom stereocenters. The minimum absolute atomic E-state index is 0.0512. The summed E-state index contributed by atoms with van der Waals surface area (Å²) in [6.45, 7) is 0.0995. The SMILES string of the molecule is O=C(O)c1c(C2CCCC2)nc(NCc2ccccc2)c(CO)c1-c1ccc(F)cc1. The van der Waals surface area contributed by atoms with Crippen LogP contribution in [0.2, 0.25) is 0 Å². The second kappa shape index (κ2) is 9.27. The van der Waals surface area contributed by atoms with Crippen LogP contribution < -0.4 is 5.32 Å². The van der Waals surface area contributed by atoms with Crippen molar-refractivity contribution >= 4 is 11.8 Å². The second-order valence-electron chi connectivity index (χ2n) is 7.86. The fourth-order valence-corrected chi connectivity index (χ4v) is 4.37. The van der Waals surface area contributed by atoms with E-state index in [0.29, 0.717) is 34.7 Å². The second-order valence-corrected chi connectivity index (χ2v) is 7.86. The first-order valence-electron chi connectivity index (χ1n) is 10.5. The molecule has 1 fully saturated rings. The normalized spacial score (nSPS) is 14.0. The highest BCUT2D eigenvalue weighted by Gasteiger charge is 2.30. The quantitative estimate of drug-likeness (QED) is 0.480. The maximum Gasteiger partial charge on any atom is 0.338 e. The summed E-state index contributed by atoms with van der Waals surface area (Å²) in [6.07, 6.45) is 3.83. The van der Waals surface area contributed by atoms with Crippen LogP contribution in [0.15, 0.2) is 54.6 Å². The topological polar surface area (TPSA) is 82.5 Å². The number of benzene rings is 2. The number of halogens is 1. The van der Waals surface area contributed by atoms with Crippen LogP contribution in [0.25, 0.3) is 11.1 Å². The highest BCUT2D eigenvalue weighted by atomic mass is 19.1. The summed E-state index contributed by atoms with van der Waals surface area (Å²) in [5.41, 5.74) is 3.04. The Hall–Kier alpha value is -3.25. The van der Waals surface area contributed by atoms with E-state index in [2.05, 4.69) is 5.32 Å². The largest absolute Gasteiger partial charge is 0.478 e. The number of aliphatic hydroxyl groups is 1. The van der Waals surface area contributed by atoms with E-state index in [1.165, 1.54) is 12.1 Å². The van der Waals surface area contributed by atoms with E-state index in [0.717, 1.165) is 31.2 Å². The lowest BCUT2D eigenvalue weighted by atomic mass is 9.89. The zero-order valence-electron chi connectivity index (χ0n) is 17.1. The van der Waals surface area contributed by atoms with E-state index in [1.54, 1.807) is 12.1 Å². The van der Waals surface area contributed by atoms with Gasteiger partial charge in [0.2, 0.25) is 0 Å². The van der Waals surface area contributed by atoms with Crippen LogP contribution >= 0.6 is 0 Å². The van der Waals surface area contributed by atoms with Crippen molar-refractivity contribution < 1.29 is 19.4 Å². The molecule has 1 heterocycles. The number of pyridine rings is 1. The molecule has 4 rings (SSSR count). The number of rotatable bonds is 7. The zero-order valence-corrected chi connectivity index (χ0v) is 17.1. The van der Waals surface area contributed by atoms with E-state index in [1.807, 2.05) is 30.3 Å². The smallest absolute Gasteiger partial charge is 0.338 e. The first kappa shape index (κ1) is 21.0. The fraction of sp³-hybridized carbons (Fsp3) is 0.280. The Balaban J connectivity index is 1.89. The molecule has 1 saturated carbocycles. The predicted molar refractivity (Wildman–Crippen MR) is 117 cm³/mol. The third-order valence-corrected chi connectivity index (χ3v) is 5.88.